The molecule has 0 aliphatic carbocycles. The molecule has 1 aliphatic rings. The standard InChI is InChI=1S/C9H18BrN/c1-8(2)11-6-3-4-9(10)5-7-11/h8-9H,3-7H2,1-2H3. The molecular formula is C9H18BrN. The van der Waals surface area contributed by atoms with Crippen molar-refractivity contribution in [1.29, 1.82) is 0 Å². The fourth-order valence-electron chi connectivity index (χ4n) is 1.59. The monoisotopic (exact) mass is 219 g/mol. The van der Waals surface area contributed by atoms with Crippen molar-refractivity contribution in [3.05, 3.63) is 0 Å². The minimum Gasteiger partial charge on any atom is -0.301 e. The molecule has 0 N–H and O–H groups in total. The Kier molecular flexibility index (Phi) is 3.86. The third kappa shape index (κ3) is 3.12. The highest BCUT2D eigenvalue weighted by Crippen LogP contribution is 2.18. The summed E-state index contributed by atoms with van der Waals surface area (Å²) < 4.78 is 0. The molecule has 0 spiro atoms. The number of nitrogens with zero attached hydrogens (tertiary/aromatic N) is 1. The summed E-state index contributed by atoms with van der Waals surface area (Å²) in [4.78, 5) is 3.34. The zero-order valence-corrected chi connectivity index (χ0v) is 9.10. The van der Waals surface area contributed by atoms with E-state index in [2.05, 4.69) is 34.7 Å². The van der Waals surface area contributed by atoms with Crippen molar-refractivity contribution in [2.75, 3.05) is 13.1 Å². The van der Waals surface area contributed by atoms with Crippen LogP contribution in [0.25, 0.3) is 0 Å². The zero-order valence-electron chi connectivity index (χ0n) is 7.52. The highest BCUT2D eigenvalue weighted by Gasteiger charge is 2.15. The van der Waals surface area contributed by atoms with Crippen molar-refractivity contribution in [3.63, 3.8) is 0 Å². The van der Waals surface area contributed by atoms with Gasteiger partial charge in [0.15, 0.2) is 0 Å². The first kappa shape index (κ1) is 9.53. The van der Waals surface area contributed by atoms with Gasteiger partial charge in [-0.25, -0.2) is 0 Å². The first-order valence-electron chi connectivity index (χ1n) is 4.58. The molecule has 0 amide bonds. The lowest BCUT2D eigenvalue weighted by molar-refractivity contribution is 0.231. The van der Waals surface area contributed by atoms with Gasteiger partial charge in [-0.05, 0) is 46.2 Å². The van der Waals surface area contributed by atoms with Gasteiger partial charge in [0, 0.05) is 10.9 Å². The third-order valence-electron chi connectivity index (χ3n) is 2.42. The number of hydrogen-bond acceptors (Lipinski definition) is 1. The maximum absolute atomic E-state index is 3.69. The Bertz CT molecular complexity index is 114. The Balaban J connectivity index is 2.34. The van der Waals surface area contributed by atoms with Gasteiger partial charge in [0.2, 0.25) is 0 Å². The second-order valence-electron chi connectivity index (χ2n) is 3.66. The molecule has 11 heavy (non-hydrogen) atoms. The van der Waals surface area contributed by atoms with E-state index in [4.69, 9.17) is 0 Å². The van der Waals surface area contributed by atoms with Gasteiger partial charge in [0.05, 0.1) is 0 Å². The molecule has 1 nitrogen and oxygen atoms in total. The Hall–Kier alpha value is 0.440. The highest BCUT2D eigenvalue weighted by molar-refractivity contribution is 9.09. The second kappa shape index (κ2) is 4.46. The first-order valence-corrected chi connectivity index (χ1v) is 5.50. The van der Waals surface area contributed by atoms with E-state index >= 15 is 0 Å². The maximum atomic E-state index is 3.69. The normalized spacial score (nSPS) is 28.9. The van der Waals surface area contributed by atoms with Crippen molar-refractivity contribution in [3.8, 4) is 0 Å². The van der Waals surface area contributed by atoms with Crippen molar-refractivity contribution >= 4 is 15.9 Å². The summed E-state index contributed by atoms with van der Waals surface area (Å²) in [5.74, 6) is 0. The zero-order chi connectivity index (χ0) is 8.27. The molecule has 0 aromatic carbocycles. The van der Waals surface area contributed by atoms with Gasteiger partial charge in [0.25, 0.3) is 0 Å². The van der Waals surface area contributed by atoms with Crippen LogP contribution in [0, 0.1) is 0 Å². The molecule has 2 heteroatoms. The molecule has 1 atom stereocenters. The molecule has 1 fully saturated rings. The SMILES string of the molecule is CC(C)N1CCCC(Br)CC1. The van der Waals surface area contributed by atoms with Gasteiger partial charge >= 0.3 is 0 Å². The fourth-order valence-corrected chi connectivity index (χ4v) is 2.12. The number of likely N-dealkylation sites (tertiary alicyclic amines) is 1. The van der Waals surface area contributed by atoms with Crippen LogP contribution in [-0.2, 0) is 0 Å². The summed E-state index contributed by atoms with van der Waals surface area (Å²) >= 11 is 3.69. The summed E-state index contributed by atoms with van der Waals surface area (Å²) in [7, 11) is 0. The lowest BCUT2D eigenvalue weighted by Gasteiger charge is -2.23. The lowest BCUT2D eigenvalue weighted by atomic mass is 10.2. The molecule has 0 aromatic rings. The molecule has 0 aromatic heterocycles. The molecule has 0 bridgehead atoms. The van der Waals surface area contributed by atoms with Crippen molar-refractivity contribution in [2.45, 2.75) is 44.0 Å². The van der Waals surface area contributed by atoms with E-state index in [1.165, 1.54) is 32.4 Å². The van der Waals surface area contributed by atoms with Crippen LogP contribution in [0.5, 0.6) is 0 Å². The van der Waals surface area contributed by atoms with Crippen LogP contribution in [-0.4, -0.2) is 28.9 Å². The van der Waals surface area contributed by atoms with Crippen LogP contribution < -0.4 is 0 Å². The van der Waals surface area contributed by atoms with Crippen molar-refractivity contribution in [2.24, 2.45) is 0 Å². The van der Waals surface area contributed by atoms with E-state index in [0.717, 1.165) is 10.9 Å². The van der Waals surface area contributed by atoms with E-state index in [1.54, 1.807) is 0 Å². The average molecular weight is 220 g/mol. The number of alkyl halides is 1. The lowest BCUT2D eigenvalue weighted by Crippen LogP contribution is -2.31. The first-order chi connectivity index (χ1) is 5.20. The molecule has 1 heterocycles. The van der Waals surface area contributed by atoms with Crippen LogP contribution >= 0.6 is 15.9 Å². The smallest absolute Gasteiger partial charge is 0.0158 e. The van der Waals surface area contributed by atoms with Crippen molar-refractivity contribution in [1.82, 2.24) is 4.90 Å². The average Bonchev–Trinajstić information content (AvgIpc) is 2.13. The van der Waals surface area contributed by atoms with E-state index in [-0.39, 0.29) is 0 Å². The van der Waals surface area contributed by atoms with E-state index < -0.39 is 0 Å². The minimum atomic E-state index is 0.729. The number of halogens is 1. The Labute approximate surface area is 78.3 Å². The summed E-state index contributed by atoms with van der Waals surface area (Å²) in [5, 5.41) is 0. The molecule has 1 rings (SSSR count). The largest absolute Gasteiger partial charge is 0.301 e. The van der Waals surface area contributed by atoms with E-state index in [9.17, 15) is 0 Å². The van der Waals surface area contributed by atoms with Crippen LogP contribution in [0.4, 0.5) is 0 Å². The van der Waals surface area contributed by atoms with Gasteiger partial charge < -0.3 is 4.90 Å². The van der Waals surface area contributed by atoms with E-state index in [1.807, 2.05) is 0 Å². The summed E-state index contributed by atoms with van der Waals surface area (Å²) in [6, 6.07) is 0.729. The highest BCUT2D eigenvalue weighted by atomic mass is 79.9. The summed E-state index contributed by atoms with van der Waals surface area (Å²) in [6.45, 7) is 7.14. The van der Waals surface area contributed by atoms with Gasteiger partial charge in [-0.1, -0.05) is 15.9 Å². The van der Waals surface area contributed by atoms with Crippen LogP contribution in [0.1, 0.15) is 33.1 Å². The van der Waals surface area contributed by atoms with Crippen molar-refractivity contribution < 1.29 is 0 Å². The maximum Gasteiger partial charge on any atom is 0.0158 e. The van der Waals surface area contributed by atoms with Gasteiger partial charge in [-0.2, -0.15) is 0 Å². The third-order valence-corrected chi connectivity index (χ3v) is 3.34. The van der Waals surface area contributed by atoms with Gasteiger partial charge in [-0.3, -0.25) is 0 Å². The van der Waals surface area contributed by atoms with Gasteiger partial charge in [0.1, 0.15) is 0 Å². The molecular weight excluding hydrogens is 202 g/mol. The van der Waals surface area contributed by atoms with Crippen LogP contribution in [0.2, 0.25) is 0 Å². The fraction of sp³-hybridized carbons (Fsp3) is 1.00. The number of hydrogen-bond donors (Lipinski definition) is 0. The Morgan fingerprint density at radius 2 is 2.00 bits per heavy atom. The minimum absolute atomic E-state index is 0.729. The summed E-state index contributed by atoms with van der Waals surface area (Å²) in [5.41, 5.74) is 0. The predicted octanol–water partition coefficient (Wildman–Crippen LogP) is 2.64. The predicted molar refractivity (Wildman–Crippen MR) is 53.3 cm³/mol. The van der Waals surface area contributed by atoms with Crippen LogP contribution in [0.3, 0.4) is 0 Å². The second-order valence-corrected chi connectivity index (χ2v) is 4.95. The molecule has 0 radical (unpaired) electrons. The van der Waals surface area contributed by atoms with Gasteiger partial charge in [-0.15, -0.1) is 0 Å². The summed E-state index contributed by atoms with van der Waals surface area (Å²) in [6.07, 6.45) is 4.02. The van der Waals surface area contributed by atoms with Crippen LogP contribution in [0.15, 0.2) is 0 Å². The molecule has 1 unspecified atom stereocenters. The molecule has 1 saturated heterocycles. The quantitative estimate of drug-likeness (QED) is 0.614. The topological polar surface area (TPSA) is 3.24 Å². The van der Waals surface area contributed by atoms with E-state index in [0.29, 0.717) is 0 Å². The molecule has 66 valence electrons. The molecule has 0 saturated carbocycles. The Morgan fingerprint density at radius 1 is 1.27 bits per heavy atom. The number of rotatable bonds is 1. The Morgan fingerprint density at radius 3 is 2.64 bits per heavy atom. The molecule has 1 aliphatic heterocycles.